The molecule has 80 valence electrons. The first-order valence-corrected chi connectivity index (χ1v) is 5.48. The molecule has 0 amide bonds. The molecule has 0 radical (unpaired) electrons. The van der Waals surface area contributed by atoms with Gasteiger partial charge in [0.15, 0.2) is 0 Å². The van der Waals surface area contributed by atoms with Crippen molar-refractivity contribution in [1.29, 1.82) is 0 Å². The minimum absolute atomic E-state index is 0.771. The zero-order valence-corrected chi connectivity index (χ0v) is 9.31. The second-order valence-corrected chi connectivity index (χ2v) is 3.76. The van der Waals surface area contributed by atoms with E-state index in [-0.39, 0.29) is 0 Å². The molecule has 2 rings (SSSR count). The molecule has 0 heterocycles. The molecule has 2 aromatic rings. The molecule has 0 spiro atoms. The summed E-state index contributed by atoms with van der Waals surface area (Å²) in [5, 5.41) is 2.40. The van der Waals surface area contributed by atoms with Crippen molar-refractivity contribution in [3.05, 3.63) is 53.6 Å². The SMILES string of the molecule is CCC(C=O)=Cc1cccc2ccccc12. The molecule has 1 nitrogen and oxygen atoms in total. The molecule has 0 saturated heterocycles. The zero-order valence-electron chi connectivity index (χ0n) is 9.31. The number of aldehydes is 1. The van der Waals surface area contributed by atoms with Crippen LogP contribution in [-0.4, -0.2) is 6.29 Å². The van der Waals surface area contributed by atoms with Crippen LogP contribution < -0.4 is 0 Å². The maximum Gasteiger partial charge on any atom is 0.146 e. The number of hydrogen-bond donors (Lipinski definition) is 0. The van der Waals surface area contributed by atoms with Gasteiger partial charge < -0.3 is 0 Å². The van der Waals surface area contributed by atoms with E-state index >= 15 is 0 Å². The summed E-state index contributed by atoms with van der Waals surface area (Å²) in [6.45, 7) is 1.99. The highest BCUT2D eigenvalue weighted by Crippen LogP contribution is 2.20. The van der Waals surface area contributed by atoms with E-state index in [0.29, 0.717) is 0 Å². The number of carbonyl (C=O) groups is 1. The fourth-order valence-corrected chi connectivity index (χ4v) is 1.80. The van der Waals surface area contributed by atoms with Gasteiger partial charge >= 0.3 is 0 Å². The Kier molecular flexibility index (Phi) is 3.16. The monoisotopic (exact) mass is 210 g/mol. The molecular formula is C15H14O. The molecule has 0 aliphatic carbocycles. The summed E-state index contributed by atoms with van der Waals surface area (Å²) in [7, 11) is 0. The summed E-state index contributed by atoms with van der Waals surface area (Å²) in [6.07, 6.45) is 3.67. The molecule has 0 aliphatic heterocycles. The number of rotatable bonds is 3. The van der Waals surface area contributed by atoms with E-state index in [0.717, 1.165) is 23.8 Å². The van der Waals surface area contributed by atoms with Gasteiger partial charge in [0.05, 0.1) is 0 Å². The molecule has 0 atom stereocenters. The van der Waals surface area contributed by atoms with Crippen molar-refractivity contribution in [3.8, 4) is 0 Å². The lowest BCUT2D eigenvalue weighted by Gasteiger charge is -2.02. The van der Waals surface area contributed by atoms with Crippen LogP contribution in [0.4, 0.5) is 0 Å². The lowest BCUT2D eigenvalue weighted by Crippen LogP contribution is -1.84. The fraction of sp³-hybridized carbons (Fsp3) is 0.133. The van der Waals surface area contributed by atoms with Crippen LogP contribution in [0.1, 0.15) is 18.9 Å². The summed E-state index contributed by atoms with van der Waals surface area (Å²) in [5.74, 6) is 0. The van der Waals surface area contributed by atoms with Gasteiger partial charge in [-0.2, -0.15) is 0 Å². The highest BCUT2D eigenvalue weighted by atomic mass is 16.1. The Morgan fingerprint density at radius 1 is 1.12 bits per heavy atom. The van der Waals surface area contributed by atoms with Crippen LogP contribution >= 0.6 is 0 Å². The number of carbonyl (C=O) groups excluding carboxylic acids is 1. The maximum absolute atomic E-state index is 10.8. The van der Waals surface area contributed by atoms with Gasteiger partial charge in [-0.05, 0) is 34.4 Å². The molecule has 0 aliphatic rings. The van der Waals surface area contributed by atoms with E-state index in [4.69, 9.17) is 0 Å². The van der Waals surface area contributed by atoms with Crippen molar-refractivity contribution in [1.82, 2.24) is 0 Å². The summed E-state index contributed by atoms with van der Waals surface area (Å²) in [5.41, 5.74) is 1.94. The smallest absolute Gasteiger partial charge is 0.146 e. The average Bonchev–Trinajstić information content (AvgIpc) is 2.36. The molecule has 1 heteroatoms. The predicted molar refractivity (Wildman–Crippen MR) is 68.3 cm³/mol. The number of fused-ring (bicyclic) bond motifs is 1. The van der Waals surface area contributed by atoms with Crippen molar-refractivity contribution < 1.29 is 4.79 Å². The van der Waals surface area contributed by atoms with Gasteiger partial charge in [-0.1, -0.05) is 49.4 Å². The third kappa shape index (κ3) is 2.03. The highest BCUT2D eigenvalue weighted by Gasteiger charge is 1.98. The Hall–Kier alpha value is -1.89. The van der Waals surface area contributed by atoms with Crippen LogP contribution in [-0.2, 0) is 4.79 Å². The zero-order chi connectivity index (χ0) is 11.4. The second-order valence-electron chi connectivity index (χ2n) is 3.76. The van der Waals surface area contributed by atoms with E-state index < -0.39 is 0 Å². The highest BCUT2D eigenvalue weighted by molar-refractivity contribution is 5.93. The Labute approximate surface area is 95.4 Å². The van der Waals surface area contributed by atoms with Gasteiger partial charge in [-0.25, -0.2) is 0 Å². The van der Waals surface area contributed by atoms with Crippen LogP contribution in [0, 0.1) is 0 Å². The quantitative estimate of drug-likeness (QED) is 0.555. The second kappa shape index (κ2) is 4.75. The first-order valence-electron chi connectivity index (χ1n) is 5.48. The minimum atomic E-state index is 0.771. The van der Waals surface area contributed by atoms with Crippen LogP contribution in [0.2, 0.25) is 0 Å². The minimum Gasteiger partial charge on any atom is -0.298 e. The van der Waals surface area contributed by atoms with Crippen molar-refractivity contribution in [2.75, 3.05) is 0 Å². The Morgan fingerprint density at radius 3 is 2.62 bits per heavy atom. The van der Waals surface area contributed by atoms with Gasteiger partial charge in [-0.15, -0.1) is 0 Å². The van der Waals surface area contributed by atoms with E-state index in [1.54, 1.807) is 0 Å². The summed E-state index contributed by atoms with van der Waals surface area (Å²) in [6, 6.07) is 14.4. The van der Waals surface area contributed by atoms with Gasteiger partial charge in [0.1, 0.15) is 6.29 Å². The summed E-state index contributed by atoms with van der Waals surface area (Å²) in [4.78, 5) is 10.8. The first kappa shape index (κ1) is 10.6. The van der Waals surface area contributed by atoms with E-state index in [2.05, 4.69) is 18.2 Å². The topological polar surface area (TPSA) is 17.1 Å². The Morgan fingerprint density at radius 2 is 1.88 bits per heavy atom. The van der Waals surface area contributed by atoms with Crippen LogP contribution in [0.25, 0.3) is 16.8 Å². The van der Waals surface area contributed by atoms with Crippen LogP contribution in [0.3, 0.4) is 0 Å². The van der Waals surface area contributed by atoms with Crippen LogP contribution in [0.15, 0.2) is 48.0 Å². The maximum atomic E-state index is 10.8. The predicted octanol–water partition coefficient (Wildman–Crippen LogP) is 3.83. The molecule has 0 N–H and O–H groups in total. The van der Waals surface area contributed by atoms with Gasteiger partial charge in [-0.3, -0.25) is 4.79 Å². The average molecular weight is 210 g/mol. The van der Waals surface area contributed by atoms with E-state index in [1.807, 2.05) is 37.3 Å². The molecule has 2 aromatic carbocycles. The summed E-state index contributed by atoms with van der Waals surface area (Å²) >= 11 is 0. The molecule has 16 heavy (non-hydrogen) atoms. The molecule has 0 fully saturated rings. The van der Waals surface area contributed by atoms with Crippen molar-refractivity contribution >= 4 is 23.1 Å². The lowest BCUT2D eigenvalue weighted by atomic mass is 10.0. The normalized spacial score (nSPS) is 11.7. The number of benzene rings is 2. The summed E-state index contributed by atoms with van der Waals surface area (Å²) < 4.78 is 0. The molecule has 0 unspecified atom stereocenters. The van der Waals surface area contributed by atoms with Gasteiger partial charge in [0.25, 0.3) is 0 Å². The fourth-order valence-electron chi connectivity index (χ4n) is 1.80. The lowest BCUT2D eigenvalue weighted by molar-refractivity contribution is -0.104. The molecule has 0 saturated carbocycles. The van der Waals surface area contributed by atoms with Crippen molar-refractivity contribution in [2.24, 2.45) is 0 Å². The Bertz CT molecular complexity index is 533. The van der Waals surface area contributed by atoms with E-state index in [1.165, 1.54) is 10.8 Å². The standard InChI is InChI=1S/C15H14O/c1-2-12(11-16)10-14-8-5-7-13-6-3-4-9-15(13)14/h3-11H,2H2,1H3. The van der Waals surface area contributed by atoms with Crippen LogP contribution in [0.5, 0.6) is 0 Å². The third-order valence-electron chi connectivity index (χ3n) is 2.72. The van der Waals surface area contributed by atoms with E-state index in [9.17, 15) is 4.79 Å². The first-order chi connectivity index (χ1) is 7.85. The molecular weight excluding hydrogens is 196 g/mol. The molecule has 0 aromatic heterocycles. The molecule has 0 bridgehead atoms. The van der Waals surface area contributed by atoms with Crippen molar-refractivity contribution in [2.45, 2.75) is 13.3 Å². The Balaban J connectivity index is 2.60. The van der Waals surface area contributed by atoms with Gasteiger partial charge in [0.2, 0.25) is 0 Å². The largest absolute Gasteiger partial charge is 0.298 e. The van der Waals surface area contributed by atoms with Gasteiger partial charge in [0, 0.05) is 0 Å². The third-order valence-corrected chi connectivity index (χ3v) is 2.72. The van der Waals surface area contributed by atoms with Crippen molar-refractivity contribution in [3.63, 3.8) is 0 Å². The number of hydrogen-bond acceptors (Lipinski definition) is 1. The number of allylic oxidation sites excluding steroid dienone is 1.